The van der Waals surface area contributed by atoms with Crippen LogP contribution < -0.4 is 10.6 Å². The lowest BCUT2D eigenvalue weighted by Gasteiger charge is -2.23. The fourth-order valence-corrected chi connectivity index (χ4v) is 4.12. The molecule has 2 amide bonds. The summed E-state index contributed by atoms with van der Waals surface area (Å²) in [7, 11) is 0. The van der Waals surface area contributed by atoms with E-state index in [0.717, 1.165) is 33.5 Å². The zero-order valence-corrected chi connectivity index (χ0v) is 21.4. The average molecular weight is 485 g/mol. The maximum absolute atomic E-state index is 13.3. The molecule has 0 radical (unpaired) electrons. The number of benzene rings is 2. The summed E-state index contributed by atoms with van der Waals surface area (Å²) in [5.74, 6) is -0.326. The van der Waals surface area contributed by atoms with Crippen LogP contribution in [0.4, 0.5) is 4.79 Å². The van der Waals surface area contributed by atoms with E-state index in [2.05, 4.69) is 32.7 Å². The Morgan fingerprint density at radius 3 is 2.56 bits per heavy atom. The van der Waals surface area contributed by atoms with Crippen molar-refractivity contribution >= 4 is 17.7 Å². The number of fused-ring (bicyclic) bond motifs is 1. The van der Waals surface area contributed by atoms with E-state index in [0.29, 0.717) is 12.2 Å². The van der Waals surface area contributed by atoms with Crippen molar-refractivity contribution in [2.24, 2.45) is 4.99 Å². The summed E-state index contributed by atoms with van der Waals surface area (Å²) in [5.41, 5.74) is 6.90. The van der Waals surface area contributed by atoms with E-state index in [1.165, 1.54) is 5.56 Å². The van der Waals surface area contributed by atoms with Crippen molar-refractivity contribution < 1.29 is 14.3 Å². The molecular weight excluding hydrogens is 452 g/mol. The van der Waals surface area contributed by atoms with Gasteiger partial charge >= 0.3 is 6.09 Å². The third-order valence-corrected chi connectivity index (χ3v) is 5.91. The Bertz CT molecular complexity index is 1320. The highest BCUT2D eigenvalue weighted by atomic mass is 16.6. The number of aromatic nitrogens is 1. The van der Waals surface area contributed by atoms with Crippen LogP contribution in [0.25, 0.3) is 11.1 Å². The van der Waals surface area contributed by atoms with Crippen LogP contribution in [-0.2, 0) is 11.3 Å². The number of hydrogen-bond donors (Lipinski definition) is 2. The predicted octanol–water partition coefficient (Wildman–Crippen LogP) is 5.38. The number of amides is 2. The van der Waals surface area contributed by atoms with E-state index in [1.54, 1.807) is 33.0 Å². The SMILES string of the molecule is CC1=NCc2ccc(-c3ccnc(C(=O)NC(CNC(=O)OC(C)(C)C)c4cccc(C)c4)c3)cc21. The van der Waals surface area contributed by atoms with Crippen molar-refractivity contribution in [3.8, 4) is 11.1 Å². The second-order valence-electron chi connectivity index (χ2n) is 10.0. The molecule has 186 valence electrons. The Kier molecular flexibility index (Phi) is 7.20. The highest BCUT2D eigenvalue weighted by molar-refractivity contribution is 6.03. The normalized spacial score (nSPS) is 13.4. The Balaban J connectivity index is 1.54. The molecule has 0 saturated carbocycles. The number of carbonyl (C=O) groups is 2. The molecule has 0 fully saturated rings. The summed E-state index contributed by atoms with van der Waals surface area (Å²) >= 11 is 0. The van der Waals surface area contributed by atoms with Gasteiger partial charge in [0.2, 0.25) is 0 Å². The molecule has 1 aliphatic heterocycles. The van der Waals surface area contributed by atoms with Gasteiger partial charge in [-0.05, 0) is 75.1 Å². The molecule has 2 heterocycles. The van der Waals surface area contributed by atoms with Crippen LogP contribution in [0.1, 0.15) is 66.5 Å². The van der Waals surface area contributed by atoms with Crippen LogP contribution in [0.15, 0.2) is 65.8 Å². The summed E-state index contributed by atoms with van der Waals surface area (Å²) < 4.78 is 5.36. The number of alkyl carbamates (subject to hydrolysis) is 1. The molecule has 0 saturated heterocycles. The van der Waals surface area contributed by atoms with Crippen LogP contribution in [-0.4, -0.2) is 34.8 Å². The molecule has 3 aromatic rings. The van der Waals surface area contributed by atoms with Crippen molar-refractivity contribution in [3.63, 3.8) is 0 Å². The van der Waals surface area contributed by atoms with Crippen LogP contribution in [0.5, 0.6) is 0 Å². The molecule has 0 aliphatic carbocycles. The molecule has 0 spiro atoms. The molecule has 1 unspecified atom stereocenters. The number of pyridine rings is 1. The van der Waals surface area contributed by atoms with Gasteiger partial charge < -0.3 is 15.4 Å². The highest BCUT2D eigenvalue weighted by Crippen LogP contribution is 2.27. The minimum absolute atomic E-state index is 0.174. The van der Waals surface area contributed by atoms with E-state index in [4.69, 9.17) is 4.74 Å². The van der Waals surface area contributed by atoms with Gasteiger partial charge in [-0.15, -0.1) is 0 Å². The molecule has 4 rings (SSSR count). The molecule has 1 aliphatic rings. The molecule has 7 nitrogen and oxygen atoms in total. The minimum Gasteiger partial charge on any atom is -0.444 e. The number of nitrogens with one attached hydrogen (secondary N) is 2. The Hall–Kier alpha value is -4.00. The average Bonchev–Trinajstić information content (AvgIpc) is 3.20. The predicted molar refractivity (Wildman–Crippen MR) is 141 cm³/mol. The second-order valence-corrected chi connectivity index (χ2v) is 10.0. The Morgan fingerprint density at radius 2 is 1.81 bits per heavy atom. The molecule has 0 bridgehead atoms. The van der Waals surface area contributed by atoms with E-state index >= 15 is 0 Å². The second kappa shape index (κ2) is 10.3. The van der Waals surface area contributed by atoms with Gasteiger partial charge in [-0.25, -0.2) is 4.79 Å². The van der Waals surface area contributed by atoms with Crippen molar-refractivity contribution in [1.82, 2.24) is 15.6 Å². The van der Waals surface area contributed by atoms with Gasteiger partial charge in [0.05, 0.1) is 12.6 Å². The van der Waals surface area contributed by atoms with Crippen LogP contribution in [0, 0.1) is 6.92 Å². The fraction of sp³-hybridized carbons (Fsp3) is 0.310. The summed E-state index contributed by atoms with van der Waals surface area (Å²) in [4.78, 5) is 34.3. The maximum atomic E-state index is 13.3. The molecule has 1 aromatic heterocycles. The van der Waals surface area contributed by atoms with Crippen LogP contribution in [0.2, 0.25) is 0 Å². The maximum Gasteiger partial charge on any atom is 0.407 e. The van der Waals surface area contributed by atoms with Gasteiger partial charge in [-0.2, -0.15) is 0 Å². The molecule has 7 heteroatoms. The van der Waals surface area contributed by atoms with Gasteiger partial charge in [0.15, 0.2) is 0 Å². The van der Waals surface area contributed by atoms with Gasteiger partial charge in [-0.3, -0.25) is 14.8 Å². The van der Waals surface area contributed by atoms with Crippen molar-refractivity contribution in [2.45, 2.75) is 52.8 Å². The number of nitrogens with zero attached hydrogens (tertiary/aromatic N) is 2. The largest absolute Gasteiger partial charge is 0.444 e. The number of hydrogen-bond acceptors (Lipinski definition) is 5. The lowest BCUT2D eigenvalue weighted by atomic mass is 9.98. The van der Waals surface area contributed by atoms with E-state index in [1.807, 2.05) is 50.2 Å². The third-order valence-electron chi connectivity index (χ3n) is 5.91. The zero-order valence-electron chi connectivity index (χ0n) is 21.4. The molecule has 2 aromatic carbocycles. The monoisotopic (exact) mass is 484 g/mol. The first-order valence-corrected chi connectivity index (χ1v) is 12.0. The first-order chi connectivity index (χ1) is 17.1. The van der Waals surface area contributed by atoms with Gasteiger partial charge in [0.1, 0.15) is 11.3 Å². The lowest BCUT2D eigenvalue weighted by Crippen LogP contribution is -2.40. The lowest BCUT2D eigenvalue weighted by molar-refractivity contribution is 0.0519. The van der Waals surface area contributed by atoms with Gasteiger partial charge in [-0.1, -0.05) is 42.0 Å². The van der Waals surface area contributed by atoms with E-state index in [-0.39, 0.29) is 12.5 Å². The van der Waals surface area contributed by atoms with Crippen molar-refractivity contribution in [2.75, 3.05) is 6.54 Å². The standard InChI is InChI=1S/C29H32N4O3/c1-18-7-6-8-22(13-18)26(17-32-28(35)36-29(3,4)5)33-27(34)25-15-21(11-12-30-25)20-9-10-23-16-31-19(2)24(23)14-20/h6-15,26H,16-17H2,1-5H3,(H,32,35)(H,33,34). The third kappa shape index (κ3) is 6.16. The number of rotatable bonds is 6. The molecule has 1 atom stereocenters. The van der Waals surface area contributed by atoms with E-state index < -0.39 is 17.7 Å². The van der Waals surface area contributed by atoms with Crippen LogP contribution >= 0.6 is 0 Å². The van der Waals surface area contributed by atoms with Gasteiger partial charge in [0.25, 0.3) is 5.91 Å². The van der Waals surface area contributed by atoms with E-state index in [9.17, 15) is 9.59 Å². The fourth-order valence-electron chi connectivity index (χ4n) is 4.12. The Morgan fingerprint density at radius 1 is 1.03 bits per heavy atom. The first-order valence-electron chi connectivity index (χ1n) is 12.0. The number of aliphatic imine (C=N–C) groups is 1. The zero-order chi connectivity index (χ0) is 25.9. The number of ether oxygens (including phenoxy) is 1. The smallest absolute Gasteiger partial charge is 0.407 e. The summed E-state index contributed by atoms with van der Waals surface area (Å²) in [6.07, 6.45) is 1.10. The first kappa shape index (κ1) is 25.1. The van der Waals surface area contributed by atoms with Crippen molar-refractivity contribution in [3.05, 3.63) is 88.7 Å². The molecule has 36 heavy (non-hydrogen) atoms. The molecule has 2 N–H and O–H groups in total. The highest BCUT2D eigenvalue weighted by Gasteiger charge is 2.21. The van der Waals surface area contributed by atoms with Crippen molar-refractivity contribution in [1.29, 1.82) is 0 Å². The Labute approximate surface area is 212 Å². The quantitative estimate of drug-likeness (QED) is 0.492. The number of aryl methyl sites for hydroxylation is 1. The van der Waals surface area contributed by atoms with Crippen LogP contribution in [0.3, 0.4) is 0 Å². The molecular formula is C29H32N4O3. The number of carbonyl (C=O) groups excluding carboxylic acids is 2. The topological polar surface area (TPSA) is 92.7 Å². The summed E-state index contributed by atoms with van der Waals surface area (Å²) in [5, 5.41) is 5.80. The summed E-state index contributed by atoms with van der Waals surface area (Å²) in [6.45, 7) is 10.3. The van der Waals surface area contributed by atoms with Gasteiger partial charge in [0, 0.05) is 24.0 Å². The summed E-state index contributed by atoms with van der Waals surface area (Å²) in [6, 6.07) is 17.3. The minimum atomic E-state index is -0.613.